The first-order chi connectivity index (χ1) is 3.95. The molecule has 3 fully saturated rings. The number of rotatable bonds is 0. The highest BCUT2D eigenvalue weighted by atomic mass is 16.6. The fourth-order valence-corrected chi connectivity index (χ4v) is 1.28. The van der Waals surface area contributed by atoms with Gasteiger partial charge in [-0.05, 0) is 6.42 Å². The molecule has 46 valence electrons. The van der Waals surface area contributed by atoms with Gasteiger partial charge in [-0.25, -0.2) is 0 Å². The fraction of sp³-hybridized carbons (Fsp3) is 1.00. The van der Waals surface area contributed by atoms with Gasteiger partial charge in [-0.15, -0.1) is 0 Å². The Morgan fingerprint density at radius 3 is 3.00 bits per heavy atom. The van der Waals surface area contributed by atoms with Gasteiger partial charge >= 0.3 is 0 Å². The SMILES string of the molecule is C1CC2CC(CO1)O2. The van der Waals surface area contributed by atoms with Crippen molar-refractivity contribution in [3.8, 4) is 0 Å². The molecule has 3 heterocycles. The Balaban J connectivity index is 1.95. The summed E-state index contributed by atoms with van der Waals surface area (Å²) in [6.07, 6.45) is 3.33. The third-order valence-corrected chi connectivity index (χ3v) is 1.80. The van der Waals surface area contributed by atoms with Crippen molar-refractivity contribution in [1.29, 1.82) is 0 Å². The van der Waals surface area contributed by atoms with Crippen LogP contribution in [0.15, 0.2) is 0 Å². The van der Waals surface area contributed by atoms with Crippen molar-refractivity contribution in [2.75, 3.05) is 13.2 Å². The van der Waals surface area contributed by atoms with Crippen molar-refractivity contribution >= 4 is 0 Å². The average molecular weight is 114 g/mol. The molecule has 0 aromatic carbocycles. The Kier molecular flexibility index (Phi) is 1.02. The molecule has 2 unspecified atom stereocenters. The smallest absolute Gasteiger partial charge is 0.0836 e. The minimum absolute atomic E-state index is 0.447. The molecule has 0 aliphatic carbocycles. The predicted molar refractivity (Wildman–Crippen MR) is 28.7 cm³/mol. The third kappa shape index (κ3) is 0.644. The van der Waals surface area contributed by atoms with Crippen LogP contribution in [0.4, 0.5) is 0 Å². The number of ether oxygens (including phenoxy) is 2. The third-order valence-electron chi connectivity index (χ3n) is 1.80. The molecule has 3 rings (SSSR count). The van der Waals surface area contributed by atoms with Gasteiger partial charge in [-0.1, -0.05) is 0 Å². The summed E-state index contributed by atoms with van der Waals surface area (Å²) in [6.45, 7) is 1.73. The minimum atomic E-state index is 0.447. The van der Waals surface area contributed by atoms with Crippen LogP contribution in [0.3, 0.4) is 0 Å². The zero-order valence-electron chi connectivity index (χ0n) is 4.80. The van der Waals surface area contributed by atoms with E-state index in [2.05, 4.69) is 0 Å². The number of hydrogen-bond acceptors (Lipinski definition) is 2. The summed E-state index contributed by atoms with van der Waals surface area (Å²) in [5.41, 5.74) is 0. The highest BCUT2D eigenvalue weighted by Gasteiger charge is 2.32. The van der Waals surface area contributed by atoms with E-state index < -0.39 is 0 Å². The molecule has 2 heteroatoms. The molecule has 3 aliphatic heterocycles. The van der Waals surface area contributed by atoms with Gasteiger partial charge in [0.15, 0.2) is 0 Å². The van der Waals surface area contributed by atoms with E-state index in [-0.39, 0.29) is 0 Å². The van der Waals surface area contributed by atoms with E-state index in [1.165, 1.54) is 6.42 Å². The summed E-state index contributed by atoms with van der Waals surface area (Å²) in [7, 11) is 0. The lowest BCUT2D eigenvalue weighted by atomic mass is 10.1. The Bertz CT molecular complexity index is 71.0. The van der Waals surface area contributed by atoms with Gasteiger partial charge in [-0.2, -0.15) is 0 Å². The van der Waals surface area contributed by atoms with Crippen LogP contribution in [-0.4, -0.2) is 25.4 Å². The van der Waals surface area contributed by atoms with Crippen LogP contribution in [0.5, 0.6) is 0 Å². The first-order valence-electron chi connectivity index (χ1n) is 3.18. The molecule has 2 nitrogen and oxygen atoms in total. The molecule has 0 spiro atoms. The zero-order chi connectivity index (χ0) is 5.40. The molecule has 8 heavy (non-hydrogen) atoms. The molecule has 3 saturated heterocycles. The summed E-state index contributed by atoms with van der Waals surface area (Å²) in [6, 6.07) is 0. The van der Waals surface area contributed by atoms with E-state index in [4.69, 9.17) is 9.47 Å². The molecule has 0 aromatic rings. The lowest BCUT2D eigenvalue weighted by Gasteiger charge is -2.31. The van der Waals surface area contributed by atoms with E-state index >= 15 is 0 Å². The molecule has 0 amide bonds. The quantitative estimate of drug-likeness (QED) is 0.458. The van der Waals surface area contributed by atoms with Crippen molar-refractivity contribution in [1.82, 2.24) is 0 Å². The van der Waals surface area contributed by atoms with Gasteiger partial charge in [0.1, 0.15) is 0 Å². The van der Waals surface area contributed by atoms with Crippen molar-refractivity contribution in [3.63, 3.8) is 0 Å². The standard InChI is InChI=1S/C6H10O2/c1-2-7-4-6-3-5(1)8-6/h5-6H,1-4H2. The molecule has 3 aliphatic rings. The molecule has 0 N–H and O–H groups in total. The molecule has 0 radical (unpaired) electrons. The number of fused-ring (bicyclic) bond motifs is 3. The van der Waals surface area contributed by atoms with Crippen LogP contribution in [0.25, 0.3) is 0 Å². The number of hydrogen-bond donors (Lipinski definition) is 0. The lowest BCUT2D eigenvalue weighted by Crippen LogP contribution is -2.37. The molecular weight excluding hydrogens is 104 g/mol. The van der Waals surface area contributed by atoms with Crippen LogP contribution in [0.1, 0.15) is 12.8 Å². The highest BCUT2D eigenvalue weighted by molar-refractivity contribution is 4.79. The summed E-state index contributed by atoms with van der Waals surface area (Å²) in [5, 5.41) is 0. The van der Waals surface area contributed by atoms with Crippen LogP contribution in [0.2, 0.25) is 0 Å². The van der Waals surface area contributed by atoms with Crippen molar-refractivity contribution in [3.05, 3.63) is 0 Å². The summed E-state index contributed by atoms with van der Waals surface area (Å²) in [5.74, 6) is 0. The van der Waals surface area contributed by atoms with Crippen LogP contribution < -0.4 is 0 Å². The summed E-state index contributed by atoms with van der Waals surface area (Å²) >= 11 is 0. The summed E-state index contributed by atoms with van der Waals surface area (Å²) < 4.78 is 10.6. The Hall–Kier alpha value is -0.0800. The first-order valence-corrected chi connectivity index (χ1v) is 3.18. The van der Waals surface area contributed by atoms with Gasteiger partial charge in [0, 0.05) is 13.0 Å². The molecule has 2 atom stereocenters. The van der Waals surface area contributed by atoms with E-state index in [9.17, 15) is 0 Å². The lowest BCUT2D eigenvalue weighted by molar-refractivity contribution is -0.122. The van der Waals surface area contributed by atoms with Crippen LogP contribution in [0, 0.1) is 0 Å². The van der Waals surface area contributed by atoms with Crippen LogP contribution in [-0.2, 0) is 9.47 Å². The maximum Gasteiger partial charge on any atom is 0.0836 e. The van der Waals surface area contributed by atoms with E-state index in [0.717, 1.165) is 19.6 Å². The topological polar surface area (TPSA) is 18.5 Å². The van der Waals surface area contributed by atoms with E-state index in [0.29, 0.717) is 12.2 Å². The Labute approximate surface area is 48.8 Å². The van der Waals surface area contributed by atoms with Gasteiger partial charge in [-0.3, -0.25) is 0 Å². The molecule has 0 saturated carbocycles. The van der Waals surface area contributed by atoms with Gasteiger partial charge in [0.2, 0.25) is 0 Å². The second kappa shape index (κ2) is 1.71. The fourth-order valence-electron chi connectivity index (χ4n) is 1.28. The predicted octanol–water partition coefficient (Wildman–Crippen LogP) is 0.564. The monoisotopic (exact) mass is 114 g/mol. The highest BCUT2D eigenvalue weighted by Crippen LogP contribution is 2.26. The van der Waals surface area contributed by atoms with Gasteiger partial charge in [0.25, 0.3) is 0 Å². The minimum Gasteiger partial charge on any atom is -0.379 e. The Morgan fingerprint density at radius 1 is 1.25 bits per heavy atom. The van der Waals surface area contributed by atoms with Gasteiger partial charge < -0.3 is 9.47 Å². The van der Waals surface area contributed by atoms with Crippen LogP contribution >= 0.6 is 0 Å². The molecular formula is C6H10O2. The Morgan fingerprint density at radius 2 is 2.12 bits per heavy atom. The van der Waals surface area contributed by atoms with Gasteiger partial charge in [0.05, 0.1) is 18.8 Å². The molecule has 0 aromatic heterocycles. The second-order valence-corrected chi connectivity index (χ2v) is 2.48. The van der Waals surface area contributed by atoms with Crippen molar-refractivity contribution < 1.29 is 9.47 Å². The second-order valence-electron chi connectivity index (χ2n) is 2.48. The normalized spacial score (nSPS) is 45.0. The average Bonchev–Trinajstić information content (AvgIpc) is 1.89. The maximum atomic E-state index is 5.38. The van der Waals surface area contributed by atoms with E-state index in [1.54, 1.807) is 0 Å². The largest absolute Gasteiger partial charge is 0.379 e. The van der Waals surface area contributed by atoms with Crippen molar-refractivity contribution in [2.45, 2.75) is 25.0 Å². The van der Waals surface area contributed by atoms with E-state index in [1.807, 2.05) is 0 Å². The maximum absolute atomic E-state index is 5.38. The van der Waals surface area contributed by atoms with Crippen molar-refractivity contribution in [2.24, 2.45) is 0 Å². The zero-order valence-corrected chi connectivity index (χ0v) is 4.80. The molecule has 2 bridgehead atoms. The summed E-state index contributed by atoms with van der Waals surface area (Å²) in [4.78, 5) is 0. The first kappa shape index (κ1) is 4.77.